The fourth-order valence-electron chi connectivity index (χ4n) is 3.68. The monoisotopic (exact) mass is 385 g/mol. The zero-order chi connectivity index (χ0) is 18.8. The van der Waals surface area contributed by atoms with E-state index in [4.69, 9.17) is 9.72 Å². The average Bonchev–Trinajstić information content (AvgIpc) is 3.04. The van der Waals surface area contributed by atoms with Gasteiger partial charge in [0.25, 0.3) is 5.56 Å². The molecule has 7 heteroatoms. The van der Waals surface area contributed by atoms with E-state index in [1.54, 1.807) is 10.5 Å². The van der Waals surface area contributed by atoms with Crippen molar-refractivity contribution >= 4 is 22.0 Å². The van der Waals surface area contributed by atoms with Crippen molar-refractivity contribution in [1.29, 1.82) is 0 Å². The molecule has 0 spiro atoms. The van der Waals surface area contributed by atoms with Gasteiger partial charge in [0, 0.05) is 17.1 Å². The van der Waals surface area contributed by atoms with E-state index in [9.17, 15) is 4.79 Å². The maximum Gasteiger partial charge on any atom is 0.259 e. The van der Waals surface area contributed by atoms with Crippen LogP contribution < -0.4 is 20.1 Å². The highest BCUT2D eigenvalue weighted by Gasteiger charge is 2.23. The molecule has 3 aromatic rings. The number of hydrogen-bond donors (Lipinski definition) is 1. The molecule has 0 saturated carbocycles. The predicted molar refractivity (Wildman–Crippen MR) is 108 cm³/mol. The van der Waals surface area contributed by atoms with Gasteiger partial charge in [-0.3, -0.25) is 9.20 Å². The first-order chi connectivity index (χ1) is 13.2. The van der Waals surface area contributed by atoms with Crippen LogP contribution in [0.4, 0.5) is 5.69 Å². The fraction of sp³-hybridized carbons (Fsp3) is 0.400. The third-order valence-corrected chi connectivity index (χ3v) is 5.98. The Hall–Kier alpha value is -2.38. The number of nitrogens with zero attached hydrogens (tertiary/aromatic N) is 3. The van der Waals surface area contributed by atoms with Crippen molar-refractivity contribution in [3.63, 3.8) is 0 Å². The zero-order valence-electron chi connectivity index (χ0n) is 15.8. The van der Waals surface area contributed by atoms with Crippen molar-refractivity contribution in [1.82, 2.24) is 9.38 Å². The van der Waals surface area contributed by atoms with E-state index < -0.39 is 0 Å². The number of thiazole rings is 1. The first-order valence-corrected chi connectivity index (χ1v) is 10.3. The Bertz CT molecular complexity index is 989. The molecule has 0 atom stereocenters. The number of fused-ring (bicyclic) bond motifs is 1. The molecular formula is C20H25N4O2S+. The first kappa shape index (κ1) is 18.0. The minimum atomic E-state index is 0.0254. The molecule has 3 heterocycles. The quantitative estimate of drug-likeness (QED) is 0.721. The number of aromatic nitrogens is 2. The lowest BCUT2D eigenvalue weighted by Crippen LogP contribution is -3.13. The number of aryl methyl sites for hydroxylation is 1. The van der Waals surface area contributed by atoms with Gasteiger partial charge in [0.2, 0.25) is 0 Å². The molecule has 27 heavy (non-hydrogen) atoms. The van der Waals surface area contributed by atoms with E-state index >= 15 is 0 Å². The summed E-state index contributed by atoms with van der Waals surface area (Å²) >= 11 is 1.53. The van der Waals surface area contributed by atoms with E-state index in [0.29, 0.717) is 6.61 Å². The summed E-state index contributed by atoms with van der Waals surface area (Å²) in [4.78, 5) is 21.7. The van der Waals surface area contributed by atoms with Gasteiger partial charge in [0.1, 0.15) is 18.0 Å². The second-order valence-corrected chi connectivity index (χ2v) is 7.73. The molecule has 0 radical (unpaired) electrons. The molecule has 1 aromatic carbocycles. The van der Waals surface area contributed by atoms with E-state index in [1.165, 1.54) is 21.9 Å². The minimum absolute atomic E-state index is 0.0254. The molecule has 4 rings (SSSR count). The van der Waals surface area contributed by atoms with Gasteiger partial charge in [0.15, 0.2) is 4.96 Å². The predicted octanol–water partition coefficient (Wildman–Crippen LogP) is 1.37. The van der Waals surface area contributed by atoms with Crippen LogP contribution >= 0.6 is 11.3 Å². The number of nitrogens with one attached hydrogen (secondary N) is 1. The summed E-state index contributed by atoms with van der Waals surface area (Å²) in [5, 5.41) is 1.98. The van der Waals surface area contributed by atoms with Crippen LogP contribution in [0.2, 0.25) is 0 Å². The lowest BCUT2D eigenvalue weighted by Gasteiger charge is -2.34. The lowest BCUT2D eigenvalue weighted by atomic mass is 10.2. The molecule has 1 fully saturated rings. The number of hydrogen-bond acceptors (Lipinski definition) is 5. The Kier molecular flexibility index (Phi) is 5.13. The molecule has 0 unspecified atom stereocenters. The van der Waals surface area contributed by atoms with Gasteiger partial charge in [-0.2, -0.15) is 0 Å². The normalized spacial score (nSPS) is 15.4. The summed E-state index contributed by atoms with van der Waals surface area (Å²) in [5.74, 6) is 0.955. The lowest BCUT2D eigenvalue weighted by molar-refractivity contribution is -0.914. The van der Waals surface area contributed by atoms with Crippen molar-refractivity contribution < 1.29 is 9.64 Å². The van der Waals surface area contributed by atoms with E-state index in [-0.39, 0.29) is 5.56 Å². The molecule has 1 saturated heterocycles. The molecule has 1 aliphatic rings. The number of piperazine rings is 1. The number of quaternary nitrogens is 1. The summed E-state index contributed by atoms with van der Waals surface area (Å²) in [7, 11) is 0. The van der Waals surface area contributed by atoms with Crippen LogP contribution in [0.25, 0.3) is 4.96 Å². The highest BCUT2D eigenvalue weighted by molar-refractivity contribution is 7.15. The molecule has 0 bridgehead atoms. The Morgan fingerprint density at radius 2 is 2.04 bits per heavy atom. The van der Waals surface area contributed by atoms with Crippen LogP contribution in [-0.2, 0) is 6.54 Å². The van der Waals surface area contributed by atoms with Crippen LogP contribution in [0.1, 0.15) is 18.3 Å². The summed E-state index contributed by atoms with van der Waals surface area (Å²) in [6.07, 6.45) is 0. The van der Waals surface area contributed by atoms with Gasteiger partial charge >= 0.3 is 0 Å². The van der Waals surface area contributed by atoms with Gasteiger partial charge in [-0.05, 0) is 26.0 Å². The van der Waals surface area contributed by atoms with E-state index in [1.807, 2.05) is 31.4 Å². The van der Waals surface area contributed by atoms with Gasteiger partial charge in [-0.15, -0.1) is 11.3 Å². The number of benzene rings is 1. The molecule has 2 aromatic heterocycles. The van der Waals surface area contributed by atoms with Crippen molar-refractivity contribution in [2.45, 2.75) is 20.4 Å². The topological polar surface area (TPSA) is 51.3 Å². The van der Waals surface area contributed by atoms with Gasteiger partial charge in [0.05, 0.1) is 38.5 Å². The number of rotatable bonds is 5. The second-order valence-electron chi connectivity index (χ2n) is 6.90. The molecule has 1 N–H and O–H groups in total. The van der Waals surface area contributed by atoms with Crippen molar-refractivity contribution in [3.8, 4) is 5.75 Å². The van der Waals surface area contributed by atoms with Crippen molar-refractivity contribution in [2.75, 3.05) is 37.7 Å². The fourth-order valence-corrected chi connectivity index (χ4v) is 4.57. The third kappa shape index (κ3) is 3.70. The Balaban J connectivity index is 1.44. The van der Waals surface area contributed by atoms with Gasteiger partial charge in [-0.25, -0.2) is 4.98 Å². The summed E-state index contributed by atoms with van der Waals surface area (Å²) < 4.78 is 7.46. The SMILES string of the molecule is CCOc1ccccc1N1CC[NH+](Cc2cc(=O)n3c(C)csc3n2)CC1. The van der Waals surface area contributed by atoms with Gasteiger partial charge in [-0.1, -0.05) is 12.1 Å². The van der Waals surface area contributed by atoms with E-state index in [2.05, 4.69) is 17.0 Å². The van der Waals surface area contributed by atoms with Gasteiger partial charge < -0.3 is 14.5 Å². The summed E-state index contributed by atoms with van der Waals surface area (Å²) in [5.41, 5.74) is 3.04. The average molecular weight is 386 g/mol. The summed E-state index contributed by atoms with van der Waals surface area (Å²) in [6.45, 7) is 9.41. The number of para-hydroxylation sites is 2. The highest BCUT2D eigenvalue weighted by atomic mass is 32.1. The van der Waals surface area contributed by atoms with Crippen LogP contribution in [0, 0.1) is 6.92 Å². The zero-order valence-corrected chi connectivity index (χ0v) is 16.6. The molecular weight excluding hydrogens is 360 g/mol. The standard InChI is InChI=1S/C20H24N4O2S/c1-3-26-18-7-5-4-6-17(18)23-10-8-22(9-11-23)13-16-12-19(25)24-15(2)14-27-20(24)21-16/h4-7,12,14H,3,8-11,13H2,1-2H3/p+1. The number of anilines is 1. The maximum atomic E-state index is 12.4. The van der Waals surface area contributed by atoms with Crippen LogP contribution in [0.15, 0.2) is 40.5 Å². The number of ether oxygens (including phenoxy) is 1. The second kappa shape index (κ2) is 7.70. The molecule has 6 nitrogen and oxygen atoms in total. The maximum absolute atomic E-state index is 12.4. The van der Waals surface area contributed by atoms with Crippen molar-refractivity contribution in [2.24, 2.45) is 0 Å². The molecule has 142 valence electrons. The van der Waals surface area contributed by atoms with Crippen LogP contribution in [0.3, 0.4) is 0 Å². The van der Waals surface area contributed by atoms with E-state index in [0.717, 1.165) is 54.8 Å². The Labute approximate surface area is 162 Å². The first-order valence-electron chi connectivity index (χ1n) is 9.43. The molecule has 1 aliphatic heterocycles. The smallest absolute Gasteiger partial charge is 0.259 e. The highest BCUT2D eigenvalue weighted by Crippen LogP contribution is 2.27. The largest absolute Gasteiger partial charge is 0.492 e. The third-order valence-electron chi connectivity index (χ3n) is 5.04. The molecule has 0 aliphatic carbocycles. The van der Waals surface area contributed by atoms with Crippen LogP contribution in [-0.4, -0.2) is 42.2 Å². The molecule has 0 amide bonds. The van der Waals surface area contributed by atoms with Crippen molar-refractivity contribution in [3.05, 3.63) is 57.5 Å². The summed E-state index contributed by atoms with van der Waals surface area (Å²) in [6, 6.07) is 9.94. The minimum Gasteiger partial charge on any atom is -0.492 e. The van der Waals surface area contributed by atoms with Crippen LogP contribution in [0.5, 0.6) is 5.75 Å². The Morgan fingerprint density at radius 3 is 2.81 bits per heavy atom. The Morgan fingerprint density at radius 1 is 1.26 bits per heavy atom.